The average molecular weight is 491 g/mol. The van der Waals surface area contributed by atoms with Crippen molar-refractivity contribution >= 4 is 36.1 Å². The van der Waals surface area contributed by atoms with Crippen LogP contribution in [0, 0.1) is 34.5 Å². The number of esters is 2. The Balaban J connectivity index is 1.76. The van der Waals surface area contributed by atoms with Crippen LogP contribution in [-0.4, -0.2) is 52.7 Å². The Morgan fingerprint density at radius 3 is 2.62 bits per heavy atom. The molecule has 3 saturated carbocycles. The van der Waals surface area contributed by atoms with Crippen molar-refractivity contribution in [3.8, 4) is 0 Å². The van der Waals surface area contributed by atoms with Gasteiger partial charge < -0.3 is 14.6 Å². The van der Waals surface area contributed by atoms with Crippen molar-refractivity contribution in [3.63, 3.8) is 0 Å². The van der Waals surface area contributed by atoms with Gasteiger partial charge in [0, 0.05) is 23.7 Å². The summed E-state index contributed by atoms with van der Waals surface area (Å²) >= 11 is 4.04. The smallest absolute Gasteiger partial charge is 0.316 e. The maximum Gasteiger partial charge on any atom is 0.316 e. The number of hydrogen-bond acceptors (Lipinski definition) is 8. The fourth-order valence-electron chi connectivity index (χ4n) is 7.93. The first kappa shape index (κ1) is 25.2. The molecule has 0 aromatic heterocycles. The molecule has 0 spiro atoms. The fraction of sp³-hybridized carbons (Fsp3) is 0.692. The highest BCUT2D eigenvalue weighted by Crippen LogP contribution is 2.68. The largest absolute Gasteiger partial charge is 0.458 e. The first-order chi connectivity index (χ1) is 15.9. The Morgan fingerprint density at radius 1 is 1.26 bits per heavy atom. The van der Waals surface area contributed by atoms with Crippen LogP contribution in [0.15, 0.2) is 23.8 Å². The van der Waals surface area contributed by atoms with Crippen LogP contribution in [0.2, 0.25) is 0 Å². The highest BCUT2D eigenvalue weighted by molar-refractivity contribution is 7.81. The van der Waals surface area contributed by atoms with E-state index in [0.717, 1.165) is 12.0 Å². The van der Waals surface area contributed by atoms with Crippen molar-refractivity contribution in [2.45, 2.75) is 65.1 Å². The van der Waals surface area contributed by atoms with Crippen molar-refractivity contribution in [3.05, 3.63) is 23.8 Å². The van der Waals surface area contributed by atoms with Crippen molar-refractivity contribution in [1.82, 2.24) is 0 Å². The molecule has 4 aliphatic rings. The third-order valence-corrected chi connectivity index (χ3v) is 9.47. The number of rotatable bonds is 5. The van der Waals surface area contributed by atoms with Crippen LogP contribution in [0.3, 0.4) is 0 Å². The van der Waals surface area contributed by atoms with E-state index in [9.17, 15) is 24.3 Å². The van der Waals surface area contributed by atoms with Crippen molar-refractivity contribution < 1.29 is 33.8 Å². The molecule has 0 aromatic rings. The monoisotopic (exact) mass is 490 g/mol. The van der Waals surface area contributed by atoms with E-state index in [1.165, 1.54) is 6.92 Å². The number of thiol groups is 1. The molecule has 0 bridgehead atoms. The number of hydrogen-bond donors (Lipinski definition) is 2. The second kappa shape index (κ2) is 8.63. The fourth-order valence-corrected chi connectivity index (χ4v) is 8.00. The Kier molecular flexibility index (Phi) is 6.39. The number of Topliss-reactive ketones (excluding diaryl/α,β-unsaturated/α-hetero) is 1. The normalized spacial score (nSPS) is 42.7. The minimum atomic E-state index is -1.49. The van der Waals surface area contributed by atoms with E-state index < -0.39 is 46.9 Å². The number of aliphatic hydroxyl groups is 1. The molecule has 4 aliphatic carbocycles. The molecule has 0 amide bonds. The summed E-state index contributed by atoms with van der Waals surface area (Å²) in [5, 5.41) is 11.6. The van der Waals surface area contributed by atoms with Crippen LogP contribution in [0.25, 0.3) is 0 Å². The topological polar surface area (TPSA) is 107 Å². The lowest BCUT2D eigenvalue weighted by Gasteiger charge is -2.61. The van der Waals surface area contributed by atoms with Gasteiger partial charge in [0.15, 0.2) is 18.0 Å². The Labute approximate surface area is 205 Å². The van der Waals surface area contributed by atoms with Crippen LogP contribution < -0.4 is 0 Å². The van der Waals surface area contributed by atoms with Gasteiger partial charge in [0.2, 0.25) is 5.78 Å². The number of carbonyl (C=O) groups is 4. The second-order valence-corrected chi connectivity index (χ2v) is 11.3. The number of ketones is 2. The predicted molar refractivity (Wildman–Crippen MR) is 127 cm³/mol. The molecule has 0 aromatic carbocycles. The summed E-state index contributed by atoms with van der Waals surface area (Å²) in [7, 11) is 0. The molecule has 8 atom stereocenters. The summed E-state index contributed by atoms with van der Waals surface area (Å²) in [6, 6.07) is 0. The maximum atomic E-state index is 13.5. The van der Waals surface area contributed by atoms with E-state index >= 15 is 0 Å². The lowest BCUT2D eigenvalue weighted by molar-refractivity contribution is -0.200. The van der Waals surface area contributed by atoms with E-state index in [1.54, 1.807) is 12.2 Å². The molecule has 7 nitrogen and oxygen atoms in total. The summed E-state index contributed by atoms with van der Waals surface area (Å²) in [4.78, 5) is 49.5. The average Bonchev–Trinajstić information content (AvgIpc) is 3.05. The third kappa shape index (κ3) is 3.60. The summed E-state index contributed by atoms with van der Waals surface area (Å²) < 4.78 is 10.9. The van der Waals surface area contributed by atoms with E-state index in [1.807, 2.05) is 13.0 Å². The SMILES string of the molecule is CC(=O)OCC(=O)[C@@]1(OC(=O)CS)CC[C@H]2[C@@H]3CC(C)C4=CC(=O)C=C[C@]4(C)[C@H]3C(O)C[C@@]21C. The zero-order valence-electron chi connectivity index (χ0n) is 20.2. The second-order valence-electron chi connectivity index (χ2n) is 10.9. The van der Waals surface area contributed by atoms with Gasteiger partial charge in [-0.15, -0.1) is 0 Å². The number of fused-ring (bicyclic) bond motifs is 5. The number of aliphatic hydroxyl groups excluding tert-OH is 1. The molecule has 186 valence electrons. The quantitative estimate of drug-likeness (QED) is 0.451. The lowest BCUT2D eigenvalue weighted by Crippen LogP contribution is -2.63. The molecule has 0 aliphatic heterocycles. The number of allylic oxidation sites excluding steroid dienone is 4. The predicted octanol–water partition coefficient (Wildman–Crippen LogP) is 2.86. The van der Waals surface area contributed by atoms with E-state index in [-0.39, 0.29) is 41.6 Å². The van der Waals surface area contributed by atoms with Crippen LogP contribution in [0.4, 0.5) is 0 Å². The van der Waals surface area contributed by atoms with Gasteiger partial charge in [-0.05, 0) is 55.6 Å². The zero-order chi connectivity index (χ0) is 25.1. The van der Waals surface area contributed by atoms with Gasteiger partial charge in [-0.3, -0.25) is 19.2 Å². The highest BCUT2D eigenvalue weighted by atomic mass is 32.1. The Morgan fingerprint density at radius 2 is 1.97 bits per heavy atom. The third-order valence-electron chi connectivity index (χ3n) is 9.21. The molecule has 0 radical (unpaired) electrons. The Bertz CT molecular complexity index is 986. The molecule has 1 N–H and O–H groups in total. The molecule has 0 saturated heterocycles. The van der Waals surface area contributed by atoms with Gasteiger partial charge in [0.05, 0.1) is 11.9 Å². The van der Waals surface area contributed by atoms with Gasteiger partial charge >= 0.3 is 11.9 Å². The molecule has 0 heterocycles. The molecular formula is C26H34O7S. The van der Waals surface area contributed by atoms with Crippen molar-refractivity contribution in [2.24, 2.45) is 34.5 Å². The van der Waals surface area contributed by atoms with Gasteiger partial charge in [-0.25, -0.2) is 0 Å². The van der Waals surface area contributed by atoms with Crippen LogP contribution in [0.5, 0.6) is 0 Å². The standard InChI is InChI=1S/C26H34O7S/c1-14-9-17-18-6-8-26(33-22(31)13-34,21(30)12-32-15(2)27)25(18,4)11-20(29)23(17)24(3)7-5-16(28)10-19(14)24/h5,7,10,14,17-18,20,23,29,34H,6,8-9,11-13H2,1-4H3/t14?,17-,18-,20?,23+,24-,25-,26-/m0/s1. The summed E-state index contributed by atoms with van der Waals surface area (Å²) in [5.74, 6) is -1.74. The van der Waals surface area contributed by atoms with Gasteiger partial charge in [0.1, 0.15) is 0 Å². The summed E-state index contributed by atoms with van der Waals surface area (Å²) in [5.41, 5.74) is -1.71. The van der Waals surface area contributed by atoms with Gasteiger partial charge in [0.25, 0.3) is 0 Å². The number of ether oxygens (including phenoxy) is 2. The highest BCUT2D eigenvalue weighted by Gasteiger charge is 2.70. The van der Waals surface area contributed by atoms with Crippen LogP contribution in [0.1, 0.15) is 53.4 Å². The van der Waals surface area contributed by atoms with E-state index in [4.69, 9.17) is 9.47 Å². The molecule has 3 fully saturated rings. The van der Waals surface area contributed by atoms with Gasteiger partial charge in [-0.1, -0.05) is 32.4 Å². The molecule has 2 unspecified atom stereocenters. The molecule has 4 rings (SSSR count). The molecule has 8 heteroatoms. The zero-order valence-corrected chi connectivity index (χ0v) is 21.1. The van der Waals surface area contributed by atoms with Crippen molar-refractivity contribution in [2.75, 3.05) is 12.4 Å². The first-order valence-electron chi connectivity index (χ1n) is 12.0. The minimum absolute atomic E-state index is 0.0155. The number of carbonyl (C=O) groups excluding carboxylic acids is 4. The van der Waals surface area contributed by atoms with Crippen LogP contribution in [-0.2, 0) is 28.7 Å². The van der Waals surface area contributed by atoms with Crippen LogP contribution >= 0.6 is 12.6 Å². The Hall–Kier alpha value is -1.93. The summed E-state index contributed by atoms with van der Waals surface area (Å²) in [6.45, 7) is 6.88. The minimum Gasteiger partial charge on any atom is -0.458 e. The molecule has 34 heavy (non-hydrogen) atoms. The maximum absolute atomic E-state index is 13.5. The van der Waals surface area contributed by atoms with E-state index in [2.05, 4.69) is 26.5 Å². The first-order valence-corrected chi connectivity index (χ1v) is 12.7. The van der Waals surface area contributed by atoms with E-state index in [0.29, 0.717) is 12.8 Å². The van der Waals surface area contributed by atoms with Gasteiger partial charge in [-0.2, -0.15) is 12.6 Å². The summed E-state index contributed by atoms with van der Waals surface area (Å²) in [6.07, 6.45) is 6.50. The lowest BCUT2D eigenvalue weighted by atomic mass is 9.44. The van der Waals surface area contributed by atoms with Crippen molar-refractivity contribution in [1.29, 1.82) is 0 Å². The molecular weight excluding hydrogens is 456 g/mol.